The van der Waals surface area contributed by atoms with Crippen LogP contribution in [0.15, 0.2) is 30.3 Å². The highest BCUT2D eigenvalue weighted by molar-refractivity contribution is 5.81. The standard InChI is InChI=1S/C17H26N2O/c1-2-8-15(18)17(20)19-16(14-11-6-7-12-14)13-9-4-3-5-10-13/h3-5,9-10,14-16H,2,6-8,11-12,18H2,1H3,(H,19,20). The van der Waals surface area contributed by atoms with E-state index in [4.69, 9.17) is 5.73 Å². The predicted molar refractivity (Wildman–Crippen MR) is 82.2 cm³/mol. The normalized spacial score (nSPS) is 18.7. The molecule has 0 aromatic heterocycles. The molecular formula is C17H26N2O. The average Bonchev–Trinajstić information content (AvgIpc) is 2.99. The van der Waals surface area contributed by atoms with Crippen LogP contribution in [0.5, 0.6) is 0 Å². The molecule has 1 fully saturated rings. The lowest BCUT2D eigenvalue weighted by atomic mass is 9.91. The summed E-state index contributed by atoms with van der Waals surface area (Å²) >= 11 is 0. The van der Waals surface area contributed by atoms with E-state index < -0.39 is 0 Å². The minimum absolute atomic E-state index is 0.00685. The van der Waals surface area contributed by atoms with E-state index in [1.807, 2.05) is 18.2 Å². The van der Waals surface area contributed by atoms with Gasteiger partial charge in [-0.25, -0.2) is 0 Å². The van der Waals surface area contributed by atoms with Gasteiger partial charge < -0.3 is 11.1 Å². The number of nitrogens with two attached hydrogens (primary N) is 1. The molecule has 0 heterocycles. The van der Waals surface area contributed by atoms with Crippen molar-refractivity contribution in [3.05, 3.63) is 35.9 Å². The molecule has 3 N–H and O–H groups in total. The number of rotatable bonds is 6. The highest BCUT2D eigenvalue weighted by Gasteiger charge is 2.28. The molecule has 1 amide bonds. The van der Waals surface area contributed by atoms with Gasteiger partial charge in [0.25, 0.3) is 0 Å². The molecule has 2 rings (SSSR count). The molecule has 1 aliphatic carbocycles. The van der Waals surface area contributed by atoms with E-state index in [9.17, 15) is 4.79 Å². The minimum atomic E-state index is -0.382. The van der Waals surface area contributed by atoms with E-state index in [0.717, 1.165) is 12.8 Å². The third-order valence-corrected chi connectivity index (χ3v) is 4.26. The van der Waals surface area contributed by atoms with Crippen LogP contribution in [0.4, 0.5) is 0 Å². The van der Waals surface area contributed by atoms with Crippen molar-refractivity contribution in [2.75, 3.05) is 0 Å². The van der Waals surface area contributed by atoms with E-state index in [1.165, 1.54) is 31.2 Å². The fourth-order valence-electron chi connectivity index (χ4n) is 3.13. The number of hydrogen-bond acceptors (Lipinski definition) is 2. The van der Waals surface area contributed by atoms with Crippen LogP contribution < -0.4 is 11.1 Å². The van der Waals surface area contributed by atoms with Crippen LogP contribution in [0, 0.1) is 5.92 Å². The second-order valence-corrected chi connectivity index (χ2v) is 5.84. The Morgan fingerprint density at radius 3 is 2.55 bits per heavy atom. The molecule has 0 aliphatic heterocycles. The van der Waals surface area contributed by atoms with Gasteiger partial charge in [-0.05, 0) is 30.7 Å². The Hall–Kier alpha value is -1.35. The molecule has 1 saturated carbocycles. The monoisotopic (exact) mass is 274 g/mol. The van der Waals surface area contributed by atoms with E-state index in [-0.39, 0.29) is 18.0 Å². The molecule has 3 nitrogen and oxygen atoms in total. The van der Waals surface area contributed by atoms with E-state index in [1.54, 1.807) is 0 Å². The molecule has 1 aliphatic rings. The second-order valence-electron chi connectivity index (χ2n) is 5.84. The summed E-state index contributed by atoms with van der Waals surface area (Å²) in [5.74, 6) is 0.544. The lowest BCUT2D eigenvalue weighted by Gasteiger charge is -2.26. The van der Waals surface area contributed by atoms with Gasteiger partial charge in [-0.1, -0.05) is 56.5 Å². The van der Waals surface area contributed by atoms with Gasteiger partial charge in [-0.3, -0.25) is 4.79 Å². The van der Waals surface area contributed by atoms with Crippen molar-refractivity contribution in [2.45, 2.75) is 57.5 Å². The fourth-order valence-corrected chi connectivity index (χ4v) is 3.13. The molecule has 2 unspecified atom stereocenters. The Kier molecular flexibility index (Phi) is 5.60. The van der Waals surface area contributed by atoms with Gasteiger partial charge in [0.05, 0.1) is 12.1 Å². The summed E-state index contributed by atoms with van der Waals surface area (Å²) in [6, 6.07) is 10.0. The van der Waals surface area contributed by atoms with Crippen molar-refractivity contribution in [3.8, 4) is 0 Å². The number of amides is 1. The van der Waals surface area contributed by atoms with Crippen molar-refractivity contribution < 1.29 is 4.79 Å². The van der Waals surface area contributed by atoms with Gasteiger partial charge in [0, 0.05) is 0 Å². The second kappa shape index (κ2) is 7.44. The molecule has 1 aromatic rings. The first kappa shape index (κ1) is 15.0. The van der Waals surface area contributed by atoms with E-state index in [2.05, 4.69) is 24.4 Å². The molecule has 110 valence electrons. The summed E-state index contributed by atoms with van der Waals surface area (Å²) < 4.78 is 0. The lowest BCUT2D eigenvalue weighted by Crippen LogP contribution is -2.43. The molecule has 3 heteroatoms. The maximum atomic E-state index is 12.2. The zero-order valence-electron chi connectivity index (χ0n) is 12.3. The molecule has 0 radical (unpaired) electrons. The first-order valence-corrected chi connectivity index (χ1v) is 7.83. The van der Waals surface area contributed by atoms with Crippen molar-refractivity contribution in [1.29, 1.82) is 0 Å². The first-order chi connectivity index (χ1) is 9.72. The molecule has 1 aromatic carbocycles. The van der Waals surface area contributed by atoms with Gasteiger partial charge in [0.1, 0.15) is 0 Å². The summed E-state index contributed by atoms with van der Waals surface area (Å²) in [5.41, 5.74) is 7.15. The number of carbonyl (C=O) groups excluding carboxylic acids is 1. The van der Waals surface area contributed by atoms with Gasteiger partial charge in [-0.15, -0.1) is 0 Å². The highest BCUT2D eigenvalue weighted by Crippen LogP contribution is 2.35. The number of carbonyl (C=O) groups is 1. The van der Waals surface area contributed by atoms with E-state index >= 15 is 0 Å². The minimum Gasteiger partial charge on any atom is -0.348 e. The third kappa shape index (κ3) is 3.83. The Bertz CT molecular complexity index is 412. The van der Waals surface area contributed by atoms with Crippen molar-refractivity contribution in [3.63, 3.8) is 0 Å². The van der Waals surface area contributed by atoms with Crippen molar-refractivity contribution in [1.82, 2.24) is 5.32 Å². The van der Waals surface area contributed by atoms with Crippen LogP contribution in [0.1, 0.15) is 57.1 Å². The quantitative estimate of drug-likeness (QED) is 0.837. The summed E-state index contributed by atoms with van der Waals surface area (Å²) in [5, 5.41) is 3.20. The van der Waals surface area contributed by atoms with Gasteiger partial charge in [0.15, 0.2) is 0 Å². The zero-order chi connectivity index (χ0) is 14.4. The van der Waals surface area contributed by atoms with Gasteiger partial charge >= 0.3 is 0 Å². The van der Waals surface area contributed by atoms with Crippen LogP contribution in [-0.2, 0) is 4.79 Å². The Morgan fingerprint density at radius 2 is 1.95 bits per heavy atom. The molecule has 0 saturated heterocycles. The largest absolute Gasteiger partial charge is 0.348 e. The summed E-state index contributed by atoms with van der Waals surface area (Å²) in [7, 11) is 0. The Morgan fingerprint density at radius 1 is 1.30 bits per heavy atom. The van der Waals surface area contributed by atoms with Crippen LogP contribution >= 0.6 is 0 Å². The van der Waals surface area contributed by atoms with Crippen LogP contribution in [0.25, 0.3) is 0 Å². The first-order valence-electron chi connectivity index (χ1n) is 7.83. The van der Waals surface area contributed by atoms with Crippen LogP contribution in [0.3, 0.4) is 0 Å². The fraction of sp³-hybridized carbons (Fsp3) is 0.588. The Labute approximate surface area is 121 Å². The topological polar surface area (TPSA) is 55.1 Å². The molecular weight excluding hydrogens is 248 g/mol. The molecule has 0 spiro atoms. The van der Waals surface area contributed by atoms with Crippen molar-refractivity contribution in [2.24, 2.45) is 11.7 Å². The number of nitrogens with one attached hydrogen (secondary N) is 1. The molecule has 20 heavy (non-hydrogen) atoms. The van der Waals surface area contributed by atoms with Crippen LogP contribution in [-0.4, -0.2) is 11.9 Å². The lowest BCUT2D eigenvalue weighted by molar-refractivity contribution is -0.123. The third-order valence-electron chi connectivity index (χ3n) is 4.26. The van der Waals surface area contributed by atoms with Gasteiger partial charge in [-0.2, -0.15) is 0 Å². The smallest absolute Gasteiger partial charge is 0.237 e. The maximum absolute atomic E-state index is 12.2. The van der Waals surface area contributed by atoms with Crippen molar-refractivity contribution >= 4 is 5.91 Å². The summed E-state index contributed by atoms with van der Waals surface area (Å²) in [6.45, 7) is 2.05. The van der Waals surface area contributed by atoms with Crippen LogP contribution in [0.2, 0.25) is 0 Å². The maximum Gasteiger partial charge on any atom is 0.237 e. The summed E-state index contributed by atoms with van der Waals surface area (Å²) in [4.78, 5) is 12.2. The predicted octanol–water partition coefficient (Wildman–Crippen LogP) is 3.16. The molecule has 0 bridgehead atoms. The van der Waals surface area contributed by atoms with E-state index in [0.29, 0.717) is 5.92 Å². The SMILES string of the molecule is CCCC(N)C(=O)NC(c1ccccc1)C1CCCC1. The average molecular weight is 274 g/mol. The van der Waals surface area contributed by atoms with Gasteiger partial charge in [0.2, 0.25) is 5.91 Å². The number of hydrogen-bond donors (Lipinski definition) is 2. The Balaban J connectivity index is 2.09. The summed E-state index contributed by atoms with van der Waals surface area (Å²) in [6.07, 6.45) is 6.62. The zero-order valence-corrected chi connectivity index (χ0v) is 12.3. The highest BCUT2D eigenvalue weighted by atomic mass is 16.2. The molecule has 2 atom stereocenters. The number of benzene rings is 1.